The average molecular weight is 298 g/mol. The standard InChI is InChI=1S/C16H24ClNS/c1-15(2)7-12-8-16(3,10-15)11-18(12)9-13(17)14-5-4-6-19-14/h4-6,12-13H,7-11H2,1-3H3. The smallest absolute Gasteiger partial charge is 0.0805 e. The summed E-state index contributed by atoms with van der Waals surface area (Å²) in [5.74, 6) is 0. The molecule has 1 aromatic rings. The summed E-state index contributed by atoms with van der Waals surface area (Å²) in [6.45, 7) is 9.57. The molecule has 1 aliphatic heterocycles. The molecule has 1 saturated carbocycles. The second-order valence-electron chi connectivity index (χ2n) is 7.63. The van der Waals surface area contributed by atoms with Gasteiger partial charge in [0, 0.05) is 24.0 Å². The molecule has 1 nitrogen and oxygen atoms in total. The van der Waals surface area contributed by atoms with E-state index in [4.69, 9.17) is 11.6 Å². The second-order valence-corrected chi connectivity index (χ2v) is 9.13. The van der Waals surface area contributed by atoms with E-state index < -0.39 is 0 Å². The van der Waals surface area contributed by atoms with Crippen LogP contribution < -0.4 is 0 Å². The summed E-state index contributed by atoms with van der Waals surface area (Å²) in [6, 6.07) is 5.01. The van der Waals surface area contributed by atoms with Crippen LogP contribution in [-0.4, -0.2) is 24.0 Å². The lowest BCUT2D eigenvalue weighted by Gasteiger charge is -2.40. The monoisotopic (exact) mass is 297 g/mol. The van der Waals surface area contributed by atoms with E-state index in [1.807, 2.05) is 0 Å². The number of rotatable bonds is 3. The van der Waals surface area contributed by atoms with E-state index in [0.29, 0.717) is 10.8 Å². The molecule has 19 heavy (non-hydrogen) atoms. The highest BCUT2D eigenvalue weighted by atomic mass is 35.5. The predicted molar refractivity (Wildman–Crippen MR) is 84.0 cm³/mol. The number of likely N-dealkylation sites (tertiary alicyclic amines) is 1. The van der Waals surface area contributed by atoms with Crippen LogP contribution in [0.25, 0.3) is 0 Å². The molecule has 0 spiro atoms. The Bertz CT molecular complexity index is 442. The molecule has 1 aliphatic carbocycles. The van der Waals surface area contributed by atoms with Crippen LogP contribution in [0.15, 0.2) is 17.5 Å². The lowest BCUT2D eigenvalue weighted by atomic mass is 9.65. The zero-order valence-corrected chi connectivity index (χ0v) is 13.7. The fraction of sp³-hybridized carbons (Fsp3) is 0.750. The first-order chi connectivity index (χ1) is 8.87. The Hall–Kier alpha value is -0.0500. The first-order valence-corrected chi connectivity index (χ1v) is 8.60. The molecule has 3 atom stereocenters. The molecule has 2 heterocycles. The molecule has 0 radical (unpaired) electrons. The minimum Gasteiger partial charge on any atom is -0.298 e. The first-order valence-electron chi connectivity index (χ1n) is 7.29. The maximum atomic E-state index is 6.60. The van der Waals surface area contributed by atoms with Gasteiger partial charge in [0.1, 0.15) is 0 Å². The van der Waals surface area contributed by atoms with Crippen LogP contribution in [0.2, 0.25) is 0 Å². The molecule has 1 saturated heterocycles. The third-order valence-corrected chi connectivity index (χ3v) is 6.26. The third kappa shape index (κ3) is 2.86. The van der Waals surface area contributed by atoms with Crippen molar-refractivity contribution < 1.29 is 0 Å². The van der Waals surface area contributed by atoms with Crippen molar-refractivity contribution in [1.82, 2.24) is 4.90 Å². The van der Waals surface area contributed by atoms with E-state index in [0.717, 1.165) is 12.6 Å². The number of hydrogen-bond acceptors (Lipinski definition) is 2. The lowest BCUT2D eigenvalue weighted by molar-refractivity contribution is 0.127. The molecule has 2 fully saturated rings. The Morgan fingerprint density at radius 3 is 2.89 bits per heavy atom. The van der Waals surface area contributed by atoms with Crippen molar-refractivity contribution in [2.24, 2.45) is 10.8 Å². The van der Waals surface area contributed by atoms with Gasteiger partial charge in [-0.2, -0.15) is 0 Å². The van der Waals surface area contributed by atoms with Gasteiger partial charge in [-0.25, -0.2) is 0 Å². The molecule has 106 valence electrons. The molecule has 0 aromatic carbocycles. The molecule has 3 heteroatoms. The summed E-state index contributed by atoms with van der Waals surface area (Å²) in [5, 5.41) is 2.28. The predicted octanol–water partition coefficient (Wildman–Crippen LogP) is 4.93. The van der Waals surface area contributed by atoms with Crippen molar-refractivity contribution in [2.75, 3.05) is 13.1 Å². The normalized spacial score (nSPS) is 35.5. The van der Waals surface area contributed by atoms with Crippen molar-refractivity contribution in [2.45, 2.75) is 51.5 Å². The van der Waals surface area contributed by atoms with E-state index in [2.05, 4.69) is 43.2 Å². The molecule has 0 N–H and O–H groups in total. The second kappa shape index (κ2) is 4.75. The fourth-order valence-electron chi connectivity index (χ4n) is 4.56. The van der Waals surface area contributed by atoms with Crippen LogP contribution in [-0.2, 0) is 0 Å². The third-order valence-electron chi connectivity index (χ3n) is 4.77. The van der Waals surface area contributed by atoms with Crippen molar-refractivity contribution in [3.63, 3.8) is 0 Å². The minimum absolute atomic E-state index is 0.158. The number of thiophene rings is 1. The summed E-state index contributed by atoms with van der Waals surface area (Å²) < 4.78 is 0. The van der Waals surface area contributed by atoms with E-state index in [9.17, 15) is 0 Å². The summed E-state index contributed by atoms with van der Waals surface area (Å²) in [7, 11) is 0. The van der Waals surface area contributed by atoms with Gasteiger partial charge in [0.15, 0.2) is 0 Å². The van der Waals surface area contributed by atoms with Crippen LogP contribution >= 0.6 is 22.9 Å². The summed E-state index contributed by atoms with van der Waals surface area (Å²) >= 11 is 8.38. The van der Waals surface area contributed by atoms with Crippen molar-refractivity contribution in [3.05, 3.63) is 22.4 Å². The average Bonchev–Trinajstić information content (AvgIpc) is 2.84. The Balaban J connectivity index is 1.70. The molecule has 0 amide bonds. The van der Waals surface area contributed by atoms with E-state index in [1.165, 1.54) is 30.7 Å². The molecular weight excluding hydrogens is 274 g/mol. The zero-order valence-electron chi connectivity index (χ0n) is 12.2. The van der Waals surface area contributed by atoms with Gasteiger partial charge in [0.2, 0.25) is 0 Å². The van der Waals surface area contributed by atoms with Gasteiger partial charge in [0.05, 0.1) is 5.38 Å². The molecule has 3 rings (SSSR count). The topological polar surface area (TPSA) is 3.24 Å². The Labute approximate surface area is 126 Å². The van der Waals surface area contributed by atoms with Crippen molar-refractivity contribution in [3.8, 4) is 0 Å². The Morgan fingerprint density at radius 1 is 1.42 bits per heavy atom. The zero-order chi connectivity index (χ0) is 13.7. The SMILES string of the molecule is CC1(C)CC2CC(C)(CN2CC(Cl)c2cccs2)C1. The van der Waals surface area contributed by atoms with Crippen LogP contribution in [0.5, 0.6) is 0 Å². The van der Waals surface area contributed by atoms with E-state index >= 15 is 0 Å². The number of fused-ring (bicyclic) bond motifs is 2. The van der Waals surface area contributed by atoms with Gasteiger partial charge in [-0.05, 0) is 41.5 Å². The molecule has 1 aromatic heterocycles. The molecule has 2 aliphatic rings. The summed E-state index contributed by atoms with van der Waals surface area (Å²) in [6.07, 6.45) is 4.06. The fourth-order valence-corrected chi connectivity index (χ4v) is 5.65. The highest BCUT2D eigenvalue weighted by Crippen LogP contribution is 2.52. The van der Waals surface area contributed by atoms with Crippen LogP contribution in [0, 0.1) is 10.8 Å². The van der Waals surface area contributed by atoms with Crippen LogP contribution in [0.4, 0.5) is 0 Å². The number of halogens is 1. The molecule has 3 unspecified atom stereocenters. The van der Waals surface area contributed by atoms with Gasteiger partial charge in [-0.15, -0.1) is 22.9 Å². The van der Waals surface area contributed by atoms with Gasteiger partial charge in [-0.1, -0.05) is 26.8 Å². The van der Waals surface area contributed by atoms with Gasteiger partial charge in [0.25, 0.3) is 0 Å². The lowest BCUT2D eigenvalue weighted by Crippen LogP contribution is -2.35. The molecular formula is C16H24ClNS. The number of nitrogens with zero attached hydrogens (tertiary/aromatic N) is 1. The van der Waals surface area contributed by atoms with Crippen LogP contribution in [0.3, 0.4) is 0 Å². The minimum atomic E-state index is 0.158. The van der Waals surface area contributed by atoms with Crippen molar-refractivity contribution >= 4 is 22.9 Å². The first kappa shape index (κ1) is 13.9. The quantitative estimate of drug-likeness (QED) is 0.715. The van der Waals surface area contributed by atoms with Gasteiger partial charge in [-0.3, -0.25) is 4.90 Å². The Morgan fingerprint density at radius 2 is 2.21 bits per heavy atom. The van der Waals surface area contributed by atoms with Crippen LogP contribution in [0.1, 0.15) is 50.3 Å². The summed E-state index contributed by atoms with van der Waals surface area (Å²) in [5.41, 5.74) is 1.01. The maximum absolute atomic E-state index is 6.60. The van der Waals surface area contributed by atoms with Gasteiger partial charge < -0.3 is 0 Å². The Kier molecular flexibility index (Phi) is 3.48. The molecule has 2 bridgehead atoms. The van der Waals surface area contributed by atoms with Crippen molar-refractivity contribution in [1.29, 1.82) is 0 Å². The summed E-state index contributed by atoms with van der Waals surface area (Å²) in [4.78, 5) is 3.97. The maximum Gasteiger partial charge on any atom is 0.0805 e. The number of alkyl halides is 1. The van der Waals surface area contributed by atoms with E-state index in [-0.39, 0.29) is 5.38 Å². The highest BCUT2D eigenvalue weighted by Gasteiger charge is 2.49. The highest BCUT2D eigenvalue weighted by molar-refractivity contribution is 7.10. The largest absolute Gasteiger partial charge is 0.298 e. The number of hydrogen-bond donors (Lipinski definition) is 0. The van der Waals surface area contributed by atoms with E-state index in [1.54, 1.807) is 11.3 Å². The van der Waals surface area contributed by atoms with Gasteiger partial charge >= 0.3 is 0 Å².